The SMILES string of the molecule is CC(C)NCCC(=O)N[C@H](CCCN=C(N)N)C(=O)NCCCCS. The zero-order chi connectivity index (χ0) is 19.1. The molecule has 0 rings (SSSR count). The molecular weight excluding hydrogens is 340 g/mol. The highest BCUT2D eigenvalue weighted by molar-refractivity contribution is 7.80. The maximum Gasteiger partial charge on any atom is 0.242 e. The average Bonchev–Trinajstić information content (AvgIpc) is 2.53. The lowest BCUT2D eigenvalue weighted by Gasteiger charge is -2.18. The molecule has 0 unspecified atom stereocenters. The van der Waals surface area contributed by atoms with E-state index in [-0.39, 0.29) is 17.8 Å². The smallest absolute Gasteiger partial charge is 0.242 e. The second-order valence-corrected chi connectivity index (χ2v) is 6.60. The van der Waals surface area contributed by atoms with E-state index in [9.17, 15) is 9.59 Å². The zero-order valence-corrected chi connectivity index (χ0v) is 16.3. The fourth-order valence-electron chi connectivity index (χ4n) is 2.08. The number of nitrogens with two attached hydrogens (primary N) is 2. The molecule has 2 amide bonds. The largest absolute Gasteiger partial charge is 0.370 e. The van der Waals surface area contributed by atoms with E-state index in [2.05, 4.69) is 33.6 Å². The third-order valence-corrected chi connectivity index (χ3v) is 3.70. The van der Waals surface area contributed by atoms with Gasteiger partial charge in [0.2, 0.25) is 11.8 Å². The summed E-state index contributed by atoms with van der Waals surface area (Å²) in [5.74, 6) is 0.494. The first-order valence-corrected chi connectivity index (χ1v) is 9.46. The first-order valence-electron chi connectivity index (χ1n) is 8.83. The molecule has 0 saturated heterocycles. The van der Waals surface area contributed by atoms with Gasteiger partial charge >= 0.3 is 0 Å². The summed E-state index contributed by atoms with van der Waals surface area (Å²) in [4.78, 5) is 28.3. The van der Waals surface area contributed by atoms with E-state index >= 15 is 0 Å². The molecule has 0 aromatic carbocycles. The number of unbranched alkanes of at least 4 members (excludes halogenated alkanes) is 1. The normalized spacial score (nSPS) is 11.8. The van der Waals surface area contributed by atoms with E-state index in [0.717, 1.165) is 18.6 Å². The van der Waals surface area contributed by atoms with Gasteiger partial charge in [0, 0.05) is 32.1 Å². The fraction of sp³-hybridized carbons (Fsp3) is 0.812. The van der Waals surface area contributed by atoms with Crippen LogP contribution in [-0.2, 0) is 9.59 Å². The van der Waals surface area contributed by atoms with Gasteiger partial charge in [-0.25, -0.2) is 0 Å². The second kappa shape index (κ2) is 14.8. The maximum atomic E-state index is 12.3. The van der Waals surface area contributed by atoms with Crippen LogP contribution in [0.15, 0.2) is 4.99 Å². The van der Waals surface area contributed by atoms with Gasteiger partial charge in [0.25, 0.3) is 0 Å². The van der Waals surface area contributed by atoms with Gasteiger partial charge in [-0.2, -0.15) is 12.6 Å². The number of hydrogen-bond acceptors (Lipinski definition) is 5. The van der Waals surface area contributed by atoms with Gasteiger partial charge in [0.05, 0.1) is 0 Å². The molecule has 0 saturated carbocycles. The zero-order valence-electron chi connectivity index (χ0n) is 15.4. The maximum absolute atomic E-state index is 12.3. The minimum atomic E-state index is -0.572. The van der Waals surface area contributed by atoms with Gasteiger partial charge in [-0.3, -0.25) is 14.6 Å². The van der Waals surface area contributed by atoms with Crippen LogP contribution in [0.25, 0.3) is 0 Å². The summed E-state index contributed by atoms with van der Waals surface area (Å²) in [7, 11) is 0. The Morgan fingerprint density at radius 1 is 1.12 bits per heavy atom. The Labute approximate surface area is 156 Å². The molecule has 7 N–H and O–H groups in total. The summed E-state index contributed by atoms with van der Waals surface area (Å²) in [6.07, 6.45) is 3.22. The van der Waals surface area contributed by atoms with Crippen molar-refractivity contribution in [3.63, 3.8) is 0 Å². The van der Waals surface area contributed by atoms with Crippen molar-refractivity contribution < 1.29 is 9.59 Å². The van der Waals surface area contributed by atoms with Crippen molar-refractivity contribution in [3.05, 3.63) is 0 Å². The molecular formula is C16H34N6O2S. The van der Waals surface area contributed by atoms with E-state index in [4.69, 9.17) is 11.5 Å². The predicted molar refractivity (Wildman–Crippen MR) is 106 cm³/mol. The molecule has 0 aliphatic heterocycles. The summed E-state index contributed by atoms with van der Waals surface area (Å²) in [6.45, 7) is 5.62. The van der Waals surface area contributed by atoms with Crippen LogP contribution in [0, 0.1) is 0 Å². The van der Waals surface area contributed by atoms with Crippen LogP contribution in [0.3, 0.4) is 0 Å². The summed E-state index contributed by atoms with van der Waals surface area (Å²) in [6, 6.07) is -0.255. The number of nitrogens with zero attached hydrogens (tertiary/aromatic N) is 1. The van der Waals surface area contributed by atoms with Crippen LogP contribution in [0.2, 0.25) is 0 Å². The quantitative estimate of drug-likeness (QED) is 0.108. The topological polar surface area (TPSA) is 135 Å². The lowest BCUT2D eigenvalue weighted by atomic mass is 10.1. The number of nitrogens with one attached hydrogen (secondary N) is 3. The van der Waals surface area contributed by atoms with E-state index in [1.807, 2.05) is 13.8 Å². The standard InChI is InChI=1S/C16H34N6O2S/c1-12(2)19-10-7-14(23)22-13(6-5-9-21-16(17)18)15(24)20-8-3-4-11-25/h12-13,19,25H,3-11H2,1-2H3,(H,20,24)(H,22,23)(H4,17,18,21)/t13-/m1/s1. The molecule has 0 aliphatic carbocycles. The molecule has 0 aromatic heterocycles. The monoisotopic (exact) mass is 374 g/mol. The number of hydrogen-bond donors (Lipinski definition) is 6. The molecule has 146 valence electrons. The number of rotatable bonds is 14. The van der Waals surface area contributed by atoms with Gasteiger partial charge in [0.1, 0.15) is 6.04 Å². The Morgan fingerprint density at radius 2 is 1.84 bits per heavy atom. The van der Waals surface area contributed by atoms with E-state index < -0.39 is 6.04 Å². The van der Waals surface area contributed by atoms with Crippen molar-refractivity contribution in [1.29, 1.82) is 0 Å². The van der Waals surface area contributed by atoms with Crippen LogP contribution >= 0.6 is 12.6 Å². The van der Waals surface area contributed by atoms with Crippen molar-refractivity contribution in [2.24, 2.45) is 16.5 Å². The highest BCUT2D eigenvalue weighted by Gasteiger charge is 2.19. The number of thiol groups is 1. The van der Waals surface area contributed by atoms with Crippen molar-refractivity contribution >= 4 is 30.4 Å². The minimum absolute atomic E-state index is 0.0246. The van der Waals surface area contributed by atoms with E-state index in [1.54, 1.807) is 0 Å². The van der Waals surface area contributed by atoms with E-state index in [0.29, 0.717) is 44.9 Å². The molecule has 0 aliphatic rings. The van der Waals surface area contributed by atoms with Gasteiger partial charge in [-0.1, -0.05) is 13.8 Å². The molecule has 0 fully saturated rings. The van der Waals surface area contributed by atoms with Crippen LogP contribution in [0.4, 0.5) is 0 Å². The molecule has 0 spiro atoms. The summed E-state index contributed by atoms with van der Waals surface area (Å²) in [5, 5.41) is 8.84. The Hall–Kier alpha value is -1.48. The molecule has 9 heteroatoms. The van der Waals surface area contributed by atoms with Gasteiger partial charge < -0.3 is 27.4 Å². The predicted octanol–water partition coefficient (Wildman–Crippen LogP) is -0.261. The van der Waals surface area contributed by atoms with Gasteiger partial charge in [-0.05, 0) is 31.4 Å². The minimum Gasteiger partial charge on any atom is -0.370 e. The molecule has 1 atom stereocenters. The number of amides is 2. The third kappa shape index (κ3) is 14.6. The molecule has 0 radical (unpaired) electrons. The highest BCUT2D eigenvalue weighted by Crippen LogP contribution is 2.00. The Morgan fingerprint density at radius 3 is 2.44 bits per heavy atom. The fourth-order valence-corrected chi connectivity index (χ4v) is 2.31. The van der Waals surface area contributed by atoms with Crippen molar-refractivity contribution in [2.75, 3.05) is 25.4 Å². The molecule has 8 nitrogen and oxygen atoms in total. The van der Waals surface area contributed by atoms with Crippen LogP contribution in [-0.4, -0.2) is 55.2 Å². The lowest BCUT2D eigenvalue weighted by molar-refractivity contribution is -0.129. The number of guanidine groups is 1. The number of carbonyl (C=O) groups excluding carboxylic acids is 2. The van der Waals surface area contributed by atoms with Crippen LogP contribution in [0.1, 0.15) is 46.0 Å². The van der Waals surface area contributed by atoms with Crippen molar-refractivity contribution in [1.82, 2.24) is 16.0 Å². The Balaban J connectivity index is 4.41. The highest BCUT2D eigenvalue weighted by atomic mass is 32.1. The second-order valence-electron chi connectivity index (χ2n) is 6.15. The van der Waals surface area contributed by atoms with Crippen molar-refractivity contribution in [3.8, 4) is 0 Å². The first kappa shape index (κ1) is 23.5. The Kier molecular flexibility index (Phi) is 14.0. The lowest BCUT2D eigenvalue weighted by Crippen LogP contribution is -2.47. The summed E-state index contributed by atoms with van der Waals surface area (Å²) >= 11 is 4.14. The molecule has 0 aromatic rings. The molecule has 0 heterocycles. The first-order chi connectivity index (χ1) is 11.9. The third-order valence-electron chi connectivity index (χ3n) is 3.39. The summed E-state index contributed by atoms with van der Waals surface area (Å²) in [5.41, 5.74) is 10.6. The molecule has 25 heavy (non-hydrogen) atoms. The van der Waals surface area contributed by atoms with Crippen LogP contribution < -0.4 is 27.4 Å². The van der Waals surface area contributed by atoms with E-state index in [1.165, 1.54) is 0 Å². The van der Waals surface area contributed by atoms with Crippen LogP contribution in [0.5, 0.6) is 0 Å². The molecule has 0 bridgehead atoms. The van der Waals surface area contributed by atoms with Gasteiger partial charge in [0.15, 0.2) is 5.96 Å². The summed E-state index contributed by atoms with van der Waals surface area (Å²) < 4.78 is 0. The Bertz CT molecular complexity index is 413. The number of aliphatic imine (C=N–C) groups is 1. The van der Waals surface area contributed by atoms with Crippen molar-refractivity contribution in [2.45, 2.75) is 58.0 Å². The number of carbonyl (C=O) groups is 2. The van der Waals surface area contributed by atoms with Gasteiger partial charge in [-0.15, -0.1) is 0 Å². The average molecular weight is 375 g/mol.